The predicted molar refractivity (Wildman–Crippen MR) is 106 cm³/mol. The van der Waals surface area contributed by atoms with Gasteiger partial charge in [-0.2, -0.15) is 25.7 Å². The van der Waals surface area contributed by atoms with Gasteiger partial charge < -0.3 is 8.94 Å². The molecule has 152 valence electrons. The Balaban J connectivity index is 1.59. The molecule has 4 aromatic heterocycles. The molecule has 0 amide bonds. The van der Waals surface area contributed by atoms with Crippen LogP contribution >= 0.6 is 11.3 Å². The van der Waals surface area contributed by atoms with Crippen LogP contribution in [0.2, 0.25) is 0 Å². The van der Waals surface area contributed by atoms with Crippen molar-refractivity contribution >= 4 is 21.4 Å². The molecule has 4 aromatic rings. The van der Waals surface area contributed by atoms with E-state index in [0.29, 0.717) is 28.9 Å². The fraction of sp³-hybridized carbons (Fsp3) is 0.278. The van der Waals surface area contributed by atoms with Gasteiger partial charge in [-0.1, -0.05) is 5.16 Å². The minimum Gasteiger partial charge on any atom is -0.468 e. The number of thiophene rings is 1. The van der Waals surface area contributed by atoms with E-state index in [-0.39, 0.29) is 18.0 Å². The number of furan rings is 1. The van der Waals surface area contributed by atoms with Gasteiger partial charge in [0.15, 0.2) is 0 Å². The van der Waals surface area contributed by atoms with Crippen LogP contribution in [-0.2, 0) is 23.1 Å². The molecule has 0 saturated carbocycles. The number of rotatable bonds is 7. The molecule has 0 radical (unpaired) electrons. The lowest BCUT2D eigenvalue weighted by Crippen LogP contribution is -2.27. The first-order chi connectivity index (χ1) is 13.9. The molecule has 29 heavy (non-hydrogen) atoms. The Morgan fingerprint density at radius 1 is 1.28 bits per heavy atom. The van der Waals surface area contributed by atoms with Gasteiger partial charge in [0.1, 0.15) is 17.2 Å². The summed E-state index contributed by atoms with van der Waals surface area (Å²) < 4.78 is 39.6. The Bertz CT molecular complexity index is 1210. The second-order valence-corrected chi connectivity index (χ2v) is 9.28. The predicted octanol–water partition coefficient (Wildman–Crippen LogP) is 3.07. The first-order valence-electron chi connectivity index (χ1n) is 8.74. The molecule has 0 fully saturated rings. The van der Waals surface area contributed by atoms with Crippen molar-refractivity contribution in [1.29, 1.82) is 0 Å². The largest absolute Gasteiger partial charge is 0.468 e. The monoisotopic (exact) mass is 433 g/mol. The van der Waals surface area contributed by atoms with E-state index in [1.165, 1.54) is 17.6 Å². The summed E-state index contributed by atoms with van der Waals surface area (Å²) in [4.78, 5) is 4.54. The van der Waals surface area contributed by atoms with Crippen LogP contribution in [0.4, 0.5) is 0 Å². The van der Waals surface area contributed by atoms with Gasteiger partial charge >= 0.3 is 0 Å². The van der Waals surface area contributed by atoms with E-state index in [9.17, 15) is 8.42 Å². The van der Waals surface area contributed by atoms with Crippen LogP contribution in [0.1, 0.15) is 23.0 Å². The zero-order valence-corrected chi connectivity index (χ0v) is 17.7. The summed E-state index contributed by atoms with van der Waals surface area (Å²) in [6.45, 7) is 3.69. The van der Waals surface area contributed by atoms with Crippen LogP contribution in [0, 0.1) is 13.8 Å². The Morgan fingerprint density at radius 2 is 2.10 bits per heavy atom. The molecule has 0 atom stereocenters. The van der Waals surface area contributed by atoms with Gasteiger partial charge in [0.05, 0.1) is 24.2 Å². The molecule has 0 N–H and O–H groups in total. The van der Waals surface area contributed by atoms with Crippen LogP contribution in [0.3, 0.4) is 0 Å². The van der Waals surface area contributed by atoms with E-state index >= 15 is 0 Å². The van der Waals surface area contributed by atoms with Crippen LogP contribution in [-0.4, -0.2) is 39.7 Å². The molecule has 4 rings (SSSR count). The average molecular weight is 434 g/mol. The van der Waals surface area contributed by atoms with Crippen molar-refractivity contribution in [3.63, 3.8) is 0 Å². The molecule has 0 aliphatic rings. The molecule has 0 spiro atoms. The molecule has 0 aliphatic heterocycles. The zero-order chi connectivity index (χ0) is 20.6. The van der Waals surface area contributed by atoms with Crippen LogP contribution < -0.4 is 0 Å². The van der Waals surface area contributed by atoms with Crippen molar-refractivity contribution in [1.82, 2.24) is 24.2 Å². The van der Waals surface area contributed by atoms with Crippen LogP contribution in [0.5, 0.6) is 0 Å². The van der Waals surface area contributed by atoms with Gasteiger partial charge in [0, 0.05) is 18.0 Å². The second-order valence-electron chi connectivity index (χ2n) is 6.52. The summed E-state index contributed by atoms with van der Waals surface area (Å²) >= 11 is 1.54. The highest BCUT2D eigenvalue weighted by molar-refractivity contribution is 7.89. The third-order valence-corrected chi connectivity index (χ3v) is 7.21. The van der Waals surface area contributed by atoms with Gasteiger partial charge in [0.2, 0.25) is 21.7 Å². The third-order valence-electron chi connectivity index (χ3n) is 4.47. The van der Waals surface area contributed by atoms with Crippen molar-refractivity contribution in [2.24, 2.45) is 0 Å². The normalized spacial score (nSPS) is 12.1. The van der Waals surface area contributed by atoms with Crippen molar-refractivity contribution in [2.75, 3.05) is 7.05 Å². The van der Waals surface area contributed by atoms with Crippen molar-refractivity contribution in [2.45, 2.75) is 31.8 Å². The molecule has 0 unspecified atom stereocenters. The molecule has 0 aromatic carbocycles. The number of nitrogens with zero attached hydrogens (tertiary/aromatic N) is 5. The summed E-state index contributed by atoms with van der Waals surface area (Å²) in [5.41, 5.74) is 1.79. The standard InChI is InChI=1S/C18H19N5O4S2/c1-12-17(29(24,25)22(3)9-15-5-4-7-26-15)13(2)23(20-12)10-16-19-18(21-27-16)14-6-8-28-11-14/h4-8,11H,9-10H2,1-3H3. The fourth-order valence-electron chi connectivity index (χ4n) is 3.03. The van der Waals surface area contributed by atoms with E-state index in [2.05, 4.69) is 15.2 Å². The average Bonchev–Trinajstić information content (AvgIpc) is 3.44. The molecular formula is C18H19N5O4S2. The minimum absolute atomic E-state index is 0.132. The van der Waals surface area contributed by atoms with Crippen molar-refractivity contribution < 1.29 is 17.4 Å². The number of hydrogen-bond acceptors (Lipinski definition) is 8. The van der Waals surface area contributed by atoms with Crippen molar-refractivity contribution in [3.8, 4) is 11.4 Å². The Labute approximate surface area is 171 Å². The highest BCUT2D eigenvalue weighted by Crippen LogP contribution is 2.25. The lowest BCUT2D eigenvalue weighted by Gasteiger charge is -2.16. The zero-order valence-electron chi connectivity index (χ0n) is 16.1. The van der Waals surface area contributed by atoms with E-state index in [1.807, 2.05) is 16.8 Å². The van der Waals surface area contributed by atoms with Gasteiger partial charge in [-0.05, 0) is 37.4 Å². The smallest absolute Gasteiger partial charge is 0.248 e. The number of aromatic nitrogens is 4. The van der Waals surface area contributed by atoms with Gasteiger partial charge in [0.25, 0.3) is 0 Å². The summed E-state index contributed by atoms with van der Waals surface area (Å²) in [6.07, 6.45) is 1.51. The number of aryl methyl sites for hydroxylation is 1. The summed E-state index contributed by atoms with van der Waals surface area (Å²) in [7, 11) is -2.24. The molecule has 9 nitrogen and oxygen atoms in total. The molecule has 0 saturated heterocycles. The Kier molecular flexibility index (Phi) is 5.11. The molecule has 0 aliphatic carbocycles. The lowest BCUT2D eigenvalue weighted by molar-refractivity contribution is 0.364. The van der Waals surface area contributed by atoms with Gasteiger partial charge in [-0.3, -0.25) is 4.68 Å². The molecule has 0 bridgehead atoms. The van der Waals surface area contributed by atoms with Gasteiger partial charge in [-0.15, -0.1) is 0 Å². The fourth-order valence-corrected chi connectivity index (χ4v) is 5.16. The lowest BCUT2D eigenvalue weighted by atomic mass is 10.3. The number of hydrogen-bond donors (Lipinski definition) is 0. The molecular weight excluding hydrogens is 414 g/mol. The second kappa shape index (κ2) is 7.58. The first kappa shape index (κ1) is 19.6. The summed E-state index contributed by atoms with van der Waals surface area (Å²) in [6, 6.07) is 5.36. The molecule has 4 heterocycles. The van der Waals surface area contributed by atoms with E-state index in [1.54, 1.807) is 42.0 Å². The number of sulfonamides is 1. The van der Waals surface area contributed by atoms with Gasteiger partial charge in [-0.25, -0.2) is 8.42 Å². The quantitative estimate of drug-likeness (QED) is 0.441. The molecule has 11 heteroatoms. The summed E-state index contributed by atoms with van der Waals surface area (Å²) in [5, 5.41) is 12.2. The van der Waals surface area contributed by atoms with Crippen molar-refractivity contribution in [3.05, 3.63) is 58.3 Å². The highest BCUT2D eigenvalue weighted by atomic mass is 32.2. The van der Waals surface area contributed by atoms with Crippen LogP contribution in [0.15, 0.2) is 49.1 Å². The van der Waals surface area contributed by atoms with E-state index in [0.717, 1.165) is 5.56 Å². The SMILES string of the molecule is Cc1nn(Cc2nc(-c3ccsc3)no2)c(C)c1S(=O)(=O)N(C)Cc1ccco1. The minimum atomic E-state index is -3.75. The third kappa shape index (κ3) is 3.76. The van der Waals surface area contributed by atoms with E-state index in [4.69, 9.17) is 8.94 Å². The maximum Gasteiger partial charge on any atom is 0.248 e. The maximum absolute atomic E-state index is 13.1. The maximum atomic E-state index is 13.1. The Hall–Kier alpha value is -2.76. The Morgan fingerprint density at radius 3 is 2.79 bits per heavy atom. The topological polar surface area (TPSA) is 107 Å². The highest BCUT2D eigenvalue weighted by Gasteiger charge is 2.29. The summed E-state index contributed by atoms with van der Waals surface area (Å²) in [5.74, 6) is 1.41. The van der Waals surface area contributed by atoms with E-state index < -0.39 is 10.0 Å². The van der Waals surface area contributed by atoms with Crippen LogP contribution in [0.25, 0.3) is 11.4 Å². The first-order valence-corrected chi connectivity index (χ1v) is 11.1.